The smallest absolute Gasteiger partial charge is 0.338 e. The van der Waals surface area contributed by atoms with Crippen molar-refractivity contribution in [2.24, 2.45) is 0 Å². The maximum Gasteiger partial charge on any atom is 0.338 e. The van der Waals surface area contributed by atoms with Gasteiger partial charge < -0.3 is 15.8 Å². The molecule has 0 saturated heterocycles. The van der Waals surface area contributed by atoms with E-state index in [1.807, 2.05) is 62.4 Å². The van der Waals surface area contributed by atoms with Crippen LogP contribution in [0.4, 0.5) is 11.5 Å². The molecule has 0 spiro atoms. The Labute approximate surface area is 181 Å². The highest BCUT2D eigenvalue weighted by molar-refractivity contribution is 5.97. The lowest BCUT2D eigenvalue weighted by molar-refractivity contribution is 0.0601. The van der Waals surface area contributed by atoms with Crippen LogP contribution >= 0.6 is 0 Å². The number of nitrogen functional groups attached to an aromatic ring is 1. The third kappa shape index (κ3) is 4.19. The Balaban J connectivity index is 1.61. The molecule has 0 aliphatic rings. The van der Waals surface area contributed by atoms with Crippen molar-refractivity contribution in [1.29, 1.82) is 0 Å². The molecule has 0 saturated carbocycles. The van der Waals surface area contributed by atoms with Crippen LogP contribution in [0.1, 0.15) is 27.2 Å². The predicted molar refractivity (Wildman–Crippen MR) is 124 cm³/mol. The zero-order valence-corrected chi connectivity index (χ0v) is 17.8. The maximum atomic E-state index is 12.1. The number of rotatable bonds is 5. The monoisotopic (exact) mass is 412 g/mol. The molecule has 3 N–H and O–H groups in total. The molecule has 0 fully saturated rings. The van der Waals surface area contributed by atoms with Crippen molar-refractivity contribution in [1.82, 2.24) is 9.97 Å². The Kier molecular flexibility index (Phi) is 5.54. The van der Waals surface area contributed by atoms with Crippen LogP contribution < -0.4 is 11.1 Å². The zero-order valence-electron chi connectivity index (χ0n) is 17.8. The van der Waals surface area contributed by atoms with Crippen molar-refractivity contribution in [2.75, 3.05) is 18.2 Å². The maximum absolute atomic E-state index is 12.1. The van der Waals surface area contributed by atoms with Crippen molar-refractivity contribution in [3.63, 3.8) is 0 Å². The molecule has 0 radical (unpaired) electrons. The summed E-state index contributed by atoms with van der Waals surface area (Å²) in [5.74, 6) is 0.323. The first-order valence-electron chi connectivity index (χ1n) is 10.0. The number of nitrogens with zero attached hydrogens (tertiary/aromatic N) is 2. The summed E-state index contributed by atoms with van der Waals surface area (Å²) < 4.78 is 4.90. The van der Waals surface area contributed by atoms with Gasteiger partial charge in [-0.25, -0.2) is 14.8 Å². The van der Waals surface area contributed by atoms with Gasteiger partial charge in [-0.15, -0.1) is 0 Å². The highest BCUT2D eigenvalue weighted by Crippen LogP contribution is 2.26. The molecule has 0 aliphatic heterocycles. The summed E-state index contributed by atoms with van der Waals surface area (Å²) in [5.41, 5.74) is 12.7. The van der Waals surface area contributed by atoms with E-state index in [9.17, 15) is 4.79 Å². The predicted octanol–water partition coefficient (Wildman–Crippen LogP) is 4.89. The second-order valence-corrected chi connectivity index (χ2v) is 7.46. The SMILES string of the molecule is COC(=O)c1ccccc1-c1ccc2cc(CNc3nc(C)cc(C)c3N)ccc2n1. The number of nitrogens with two attached hydrogens (primary N) is 1. The Hall–Kier alpha value is -3.93. The fourth-order valence-corrected chi connectivity index (χ4v) is 3.60. The molecule has 6 heteroatoms. The number of hydrogen-bond acceptors (Lipinski definition) is 6. The van der Waals surface area contributed by atoms with E-state index in [1.165, 1.54) is 7.11 Å². The molecule has 156 valence electrons. The van der Waals surface area contributed by atoms with Gasteiger partial charge in [0.05, 0.1) is 29.6 Å². The van der Waals surface area contributed by atoms with Gasteiger partial charge in [0.2, 0.25) is 0 Å². The minimum absolute atomic E-state index is 0.377. The molecule has 0 bridgehead atoms. The molecule has 4 aromatic rings. The van der Waals surface area contributed by atoms with Gasteiger partial charge in [0.1, 0.15) is 5.82 Å². The zero-order chi connectivity index (χ0) is 22.0. The number of benzene rings is 2. The number of anilines is 2. The highest BCUT2D eigenvalue weighted by atomic mass is 16.5. The third-order valence-electron chi connectivity index (χ3n) is 5.22. The molecule has 0 unspecified atom stereocenters. The summed E-state index contributed by atoms with van der Waals surface area (Å²) >= 11 is 0. The van der Waals surface area contributed by atoms with Gasteiger partial charge in [0, 0.05) is 23.2 Å². The van der Waals surface area contributed by atoms with Crippen LogP contribution in [0.2, 0.25) is 0 Å². The van der Waals surface area contributed by atoms with Crippen LogP contribution in [0.15, 0.2) is 60.7 Å². The third-order valence-corrected chi connectivity index (χ3v) is 5.22. The van der Waals surface area contributed by atoms with E-state index in [0.29, 0.717) is 23.6 Å². The van der Waals surface area contributed by atoms with Crippen LogP contribution in [0.25, 0.3) is 22.2 Å². The molecule has 0 atom stereocenters. The second kappa shape index (κ2) is 8.44. The average molecular weight is 412 g/mol. The number of fused-ring (bicyclic) bond motifs is 1. The summed E-state index contributed by atoms with van der Waals surface area (Å²) in [6.45, 7) is 4.53. The van der Waals surface area contributed by atoms with E-state index in [2.05, 4.69) is 16.4 Å². The van der Waals surface area contributed by atoms with Gasteiger partial charge in [-0.3, -0.25) is 0 Å². The van der Waals surface area contributed by atoms with Crippen molar-refractivity contribution in [3.8, 4) is 11.3 Å². The number of nitrogens with one attached hydrogen (secondary N) is 1. The number of ether oxygens (including phenoxy) is 1. The Morgan fingerprint density at radius 1 is 1.03 bits per heavy atom. The van der Waals surface area contributed by atoms with E-state index in [-0.39, 0.29) is 5.97 Å². The van der Waals surface area contributed by atoms with Gasteiger partial charge in [-0.1, -0.05) is 30.3 Å². The fraction of sp³-hybridized carbons (Fsp3) is 0.160. The molecular weight excluding hydrogens is 388 g/mol. The molecular formula is C25H24N4O2. The summed E-state index contributed by atoms with van der Waals surface area (Å²) in [6.07, 6.45) is 0. The van der Waals surface area contributed by atoms with Gasteiger partial charge in [-0.2, -0.15) is 0 Å². The van der Waals surface area contributed by atoms with Crippen molar-refractivity contribution < 1.29 is 9.53 Å². The lowest BCUT2D eigenvalue weighted by Crippen LogP contribution is -2.07. The largest absolute Gasteiger partial charge is 0.465 e. The Bertz CT molecular complexity index is 1280. The average Bonchev–Trinajstić information content (AvgIpc) is 2.79. The van der Waals surface area contributed by atoms with E-state index >= 15 is 0 Å². The number of aromatic nitrogens is 2. The molecule has 6 nitrogen and oxygen atoms in total. The summed E-state index contributed by atoms with van der Waals surface area (Å²) in [5, 5.41) is 4.35. The number of carbonyl (C=O) groups is 1. The number of pyridine rings is 2. The molecule has 0 aliphatic carbocycles. The van der Waals surface area contributed by atoms with E-state index in [0.717, 1.165) is 39.0 Å². The number of methoxy groups -OCH3 is 1. The summed E-state index contributed by atoms with van der Waals surface area (Å²) in [7, 11) is 1.38. The molecule has 4 rings (SSSR count). The minimum Gasteiger partial charge on any atom is -0.465 e. The highest BCUT2D eigenvalue weighted by Gasteiger charge is 2.14. The van der Waals surface area contributed by atoms with Crippen molar-refractivity contribution >= 4 is 28.4 Å². The molecule has 2 heterocycles. The topological polar surface area (TPSA) is 90.1 Å². The number of esters is 1. The minimum atomic E-state index is -0.377. The van der Waals surface area contributed by atoms with E-state index < -0.39 is 0 Å². The van der Waals surface area contributed by atoms with Crippen LogP contribution in [-0.4, -0.2) is 23.0 Å². The lowest BCUT2D eigenvalue weighted by Gasteiger charge is -2.12. The van der Waals surface area contributed by atoms with Gasteiger partial charge in [0.25, 0.3) is 0 Å². The van der Waals surface area contributed by atoms with Gasteiger partial charge in [-0.05, 0) is 55.3 Å². The quantitative estimate of drug-likeness (QED) is 0.454. The lowest BCUT2D eigenvalue weighted by atomic mass is 10.0. The van der Waals surface area contributed by atoms with Crippen LogP contribution in [0.3, 0.4) is 0 Å². The molecule has 0 amide bonds. The standard InChI is InChI=1S/C25H24N4O2/c1-15-12-16(2)28-24(23(15)26)27-14-17-8-10-21-18(13-17)9-11-22(29-21)19-6-4-5-7-20(19)25(30)31-3/h4-13H,14,26H2,1-3H3,(H,27,28). The normalized spacial score (nSPS) is 10.8. The number of aryl methyl sites for hydroxylation is 2. The van der Waals surface area contributed by atoms with Crippen LogP contribution in [0.5, 0.6) is 0 Å². The first kappa shape index (κ1) is 20.3. The van der Waals surface area contributed by atoms with Crippen molar-refractivity contribution in [3.05, 3.63) is 83.0 Å². The molecule has 2 aromatic heterocycles. The van der Waals surface area contributed by atoms with Gasteiger partial charge in [0.15, 0.2) is 0 Å². The molecule has 2 aromatic carbocycles. The Morgan fingerprint density at radius 3 is 2.65 bits per heavy atom. The molecule has 31 heavy (non-hydrogen) atoms. The number of carbonyl (C=O) groups excluding carboxylic acids is 1. The van der Waals surface area contributed by atoms with E-state index in [4.69, 9.17) is 15.5 Å². The van der Waals surface area contributed by atoms with Crippen molar-refractivity contribution in [2.45, 2.75) is 20.4 Å². The first-order valence-corrected chi connectivity index (χ1v) is 10.0. The van der Waals surface area contributed by atoms with Crippen LogP contribution in [0, 0.1) is 13.8 Å². The summed E-state index contributed by atoms with van der Waals surface area (Å²) in [4.78, 5) is 21.4. The number of hydrogen-bond donors (Lipinski definition) is 2. The first-order chi connectivity index (χ1) is 15.0. The second-order valence-electron chi connectivity index (χ2n) is 7.46. The van der Waals surface area contributed by atoms with Gasteiger partial charge >= 0.3 is 5.97 Å². The van der Waals surface area contributed by atoms with E-state index in [1.54, 1.807) is 6.07 Å². The van der Waals surface area contributed by atoms with Crippen LogP contribution in [-0.2, 0) is 11.3 Å². The fourth-order valence-electron chi connectivity index (χ4n) is 3.60. The summed E-state index contributed by atoms with van der Waals surface area (Å²) in [6, 6.07) is 19.3. The Morgan fingerprint density at radius 2 is 1.84 bits per heavy atom.